The normalized spacial score (nSPS) is 10.1. The van der Waals surface area contributed by atoms with E-state index in [1.165, 1.54) is 82.3 Å². The SMILES string of the molecule is CCCCc1cc2c(-c3ccccn3)cccc2[cH-]1.CCCCc1cc2c(-c3ccccn3)cccc2[cH-]1.C[Si](C)=[Zr+2].[Cl-].[Cl-]. The van der Waals surface area contributed by atoms with Crippen LogP contribution in [0.25, 0.3) is 44.1 Å². The van der Waals surface area contributed by atoms with Crippen molar-refractivity contribution in [2.75, 3.05) is 0 Å². The van der Waals surface area contributed by atoms with Crippen LogP contribution in [-0.2, 0) is 36.2 Å². The summed E-state index contributed by atoms with van der Waals surface area (Å²) < 4.78 is 0. The van der Waals surface area contributed by atoms with Gasteiger partial charge in [-0.3, -0.25) is 9.97 Å². The Bertz CT molecular complexity index is 1570. The minimum absolute atomic E-state index is 0. The Morgan fingerprint density at radius 3 is 1.36 bits per heavy atom. The van der Waals surface area contributed by atoms with E-state index in [0.29, 0.717) is 0 Å². The number of aryl methyl sites for hydroxylation is 2. The molecule has 0 amide bonds. The van der Waals surface area contributed by atoms with Crippen molar-refractivity contribution in [2.24, 2.45) is 0 Å². The van der Waals surface area contributed by atoms with Crippen LogP contribution in [0.3, 0.4) is 0 Å². The molecular formula is C38H42Cl2N2SiZr-2. The number of aromatic nitrogens is 2. The second kappa shape index (κ2) is 19.9. The first-order valence-electron chi connectivity index (χ1n) is 15.2. The van der Waals surface area contributed by atoms with Crippen LogP contribution in [0.5, 0.6) is 0 Å². The zero-order chi connectivity index (χ0) is 29.7. The Labute approximate surface area is 291 Å². The first kappa shape index (κ1) is 37.8. The number of pyridine rings is 2. The molecule has 0 aliphatic carbocycles. The van der Waals surface area contributed by atoms with E-state index in [1.54, 1.807) is 23.3 Å². The van der Waals surface area contributed by atoms with E-state index in [2.05, 4.69) is 110 Å². The molecule has 6 rings (SSSR count). The van der Waals surface area contributed by atoms with Gasteiger partial charge >= 0.3 is 41.9 Å². The molecule has 0 unspecified atom stereocenters. The zero-order valence-electron chi connectivity index (χ0n) is 26.3. The molecule has 2 nitrogen and oxygen atoms in total. The number of hydrogen-bond donors (Lipinski definition) is 0. The fourth-order valence-corrected chi connectivity index (χ4v) is 5.13. The Balaban J connectivity index is 0.000000263. The average molecular weight is 717 g/mol. The molecule has 0 bridgehead atoms. The first-order valence-corrected chi connectivity index (χ1v) is 21.4. The second-order valence-electron chi connectivity index (χ2n) is 11.0. The fourth-order valence-electron chi connectivity index (χ4n) is 5.13. The summed E-state index contributed by atoms with van der Waals surface area (Å²) in [5, 5.41) is 5.31. The molecule has 4 aromatic carbocycles. The second-order valence-corrected chi connectivity index (χ2v) is 20.4. The van der Waals surface area contributed by atoms with Gasteiger partial charge in [0.1, 0.15) is 0 Å². The Kier molecular flexibility index (Phi) is 17.1. The van der Waals surface area contributed by atoms with Crippen molar-refractivity contribution in [1.82, 2.24) is 9.97 Å². The topological polar surface area (TPSA) is 25.8 Å². The van der Waals surface area contributed by atoms with Crippen molar-refractivity contribution in [3.05, 3.63) is 121 Å². The minimum Gasteiger partial charge on any atom is -1.00 e. The maximum atomic E-state index is 4.47. The van der Waals surface area contributed by atoms with Crippen LogP contribution >= 0.6 is 0 Å². The Hall–Kier alpha value is -2.36. The van der Waals surface area contributed by atoms with Crippen LogP contribution < -0.4 is 24.8 Å². The number of unbranched alkanes of at least 4 members (excludes halogenated alkanes) is 2. The van der Waals surface area contributed by atoms with E-state index in [-0.39, 0.29) is 30.2 Å². The van der Waals surface area contributed by atoms with Crippen molar-refractivity contribution in [3.63, 3.8) is 0 Å². The fraction of sp³-hybridized carbons (Fsp3) is 0.263. The maximum absolute atomic E-state index is 4.47. The van der Waals surface area contributed by atoms with Crippen molar-refractivity contribution in [2.45, 2.75) is 65.5 Å². The number of halogens is 2. The van der Waals surface area contributed by atoms with E-state index in [0.717, 1.165) is 11.4 Å². The molecule has 0 radical (unpaired) electrons. The van der Waals surface area contributed by atoms with Gasteiger partial charge in [0.2, 0.25) is 0 Å². The molecule has 0 atom stereocenters. The van der Waals surface area contributed by atoms with Crippen molar-refractivity contribution < 1.29 is 48.1 Å². The third-order valence-corrected chi connectivity index (χ3v) is 7.14. The van der Waals surface area contributed by atoms with E-state index >= 15 is 0 Å². The summed E-state index contributed by atoms with van der Waals surface area (Å²) in [6, 6.07) is 34.4. The summed E-state index contributed by atoms with van der Waals surface area (Å²) in [4.78, 5) is 8.94. The molecule has 0 saturated heterocycles. The average Bonchev–Trinajstić information content (AvgIpc) is 3.63. The van der Waals surface area contributed by atoms with Crippen molar-refractivity contribution >= 4 is 27.0 Å². The first-order chi connectivity index (χ1) is 20.5. The molecule has 0 N–H and O–H groups in total. The van der Waals surface area contributed by atoms with Gasteiger partial charge in [0, 0.05) is 12.4 Å². The molecule has 0 fully saturated rings. The molecule has 0 aliphatic heterocycles. The van der Waals surface area contributed by atoms with Gasteiger partial charge in [0.25, 0.3) is 0 Å². The molecule has 44 heavy (non-hydrogen) atoms. The molecule has 0 saturated carbocycles. The third-order valence-electron chi connectivity index (χ3n) is 7.14. The quantitative estimate of drug-likeness (QED) is 0.169. The smallest absolute Gasteiger partial charge is 1.00 e. The van der Waals surface area contributed by atoms with E-state index in [4.69, 9.17) is 0 Å². The van der Waals surface area contributed by atoms with E-state index in [9.17, 15) is 0 Å². The van der Waals surface area contributed by atoms with Crippen molar-refractivity contribution in [1.29, 1.82) is 0 Å². The third kappa shape index (κ3) is 10.9. The predicted molar refractivity (Wildman–Crippen MR) is 180 cm³/mol. The summed E-state index contributed by atoms with van der Waals surface area (Å²) in [5.74, 6) is 0. The molecule has 0 aliphatic rings. The Morgan fingerprint density at radius 2 is 1.02 bits per heavy atom. The molecule has 228 valence electrons. The largest absolute Gasteiger partial charge is 1.00 e. The molecule has 6 aromatic rings. The molecule has 6 heteroatoms. The van der Waals surface area contributed by atoms with Gasteiger partial charge in [-0.2, -0.15) is 12.1 Å². The monoisotopic (exact) mass is 714 g/mol. The van der Waals surface area contributed by atoms with Crippen LogP contribution in [0.2, 0.25) is 13.1 Å². The molecule has 2 aromatic heterocycles. The van der Waals surface area contributed by atoms with E-state index < -0.39 is 0 Å². The van der Waals surface area contributed by atoms with E-state index in [1.807, 2.05) is 36.7 Å². The molecule has 2 heterocycles. The van der Waals surface area contributed by atoms with Gasteiger partial charge in [-0.25, -0.2) is 0 Å². The summed E-state index contributed by atoms with van der Waals surface area (Å²) in [5.41, 5.74) is 7.69. The standard InChI is InChI=1S/2C18H18N.C2H6Si.2ClH.Zr/c2*1-2-3-7-14-12-15-8-6-9-16(17(15)13-14)18-10-4-5-11-19-18;1-3-2;;;/h2*4-6,8-13H,2-3,7H2,1H3;1-2H3;2*1H;/q2*-1;;;;+2/p-2. The number of nitrogens with zero attached hydrogens (tertiary/aromatic N) is 2. The Morgan fingerprint density at radius 1 is 0.614 bits per heavy atom. The number of hydrogen-bond acceptors (Lipinski definition) is 2. The summed E-state index contributed by atoms with van der Waals surface area (Å²) in [7, 11) is 0. The van der Waals surface area contributed by atoms with Crippen LogP contribution in [0.1, 0.15) is 50.7 Å². The van der Waals surface area contributed by atoms with Crippen LogP contribution in [0, 0.1) is 0 Å². The van der Waals surface area contributed by atoms with Crippen LogP contribution in [0.15, 0.2) is 109 Å². The summed E-state index contributed by atoms with van der Waals surface area (Å²) >= 11 is 1.74. The van der Waals surface area contributed by atoms with Gasteiger partial charge < -0.3 is 24.8 Å². The van der Waals surface area contributed by atoms with Gasteiger partial charge in [-0.15, -0.1) is 69.1 Å². The van der Waals surface area contributed by atoms with Gasteiger partial charge in [-0.05, 0) is 48.2 Å². The summed E-state index contributed by atoms with van der Waals surface area (Å²) in [6.45, 7) is 9.09. The number of fused-ring (bicyclic) bond motifs is 2. The van der Waals surface area contributed by atoms with Gasteiger partial charge in [0.05, 0.1) is 11.4 Å². The predicted octanol–water partition coefficient (Wildman–Crippen LogP) is 4.72. The van der Waals surface area contributed by atoms with Gasteiger partial charge in [0.15, 0.2) is 0 Å². The van der Waals surface area contributed by atoms with Gasteiger partial charge in [-0.1, -0.05) is 63.8 Å². The number of benzene rings is 2. The summed E-state index contributed by atoms with van der Waals surface area (Å²) in [6.07, 6.45) is 11.1. The van der Waals surface area contributed by atoms with Crippen molar-refractivity contribution in [3.8, 4) is 22.5 Å². The minimum atomic E-state index is 0. The van der Waals surface area contributed by atoms with Crippen LogP contribution in [0.4, 0.5) is 0 Å². The molecular weight excluding hydrogens is 675 g/mol. The molecule has 0 spiro atoms. The zero-order valence-corrected chi connectivity index (χ0v) is 31.3. The van der Waals surface area contributed by atoms with Crippen LogP contribution in [-0.4, -0.2) is 15.4 Å². The number of rotatable bonds is 8. The maximum Gasteiger partial charge on any atom is -1.00 e.